The number of amides is 2. The first-order valence-corrected chi connectivity index (χ1v) is 7.04. The maximum Gasteiger partial charge on any atom is 0.344 e. The molecule has 1 aromatic rings. The van der Waals surface area contributed by atoms with E-state index in [1.165, 1.54) is 25.1 Å². The van der Waals surface area contributed by atoms with Crippen molar-refractivity contribution in [2.45, 2.75) is 19.9 Å². The van der Waals surface area contributed by atoms with E-state index in [4.69, 9.17) is 4.74 Å². The van der Waals surface area contributed by atoms with Gasteiger partial charge in [0.05, 0.1) is 0 Å². The van der Waals surface area contributed by atoms with Crippen molar-refractivity contribution in [1.29, 1.82) is 0 Å². The molecule has 0 spiro atoms. The van der Waals surface area contributed by atoms with Crippen molar-refractivity contribution in [3.8, 4) is 5.75 Å². The molecule has 23 heavy (non-hydrogen) atoms. The summed E-state index contributed by atoms with van der Waals surface area (Å²) < 4.78 is 22.9. The Morgan fingerprint density at radius 3 is 2.57 bits per heavy atom. The van der Waals surface area contributed by atoms with Crippen molar-refractivity contribution in [1.82, 2.24) is 10.6 Å². The molecule has 8 heteroatoms. The number of halogens is 1. The fourth-order valence-corrected chi connectivity index (χ4v) is 1.56. The van der Waals surface area contributed by atoms with Crippen molar-refractivity contribution in [3.63, 3.8) is 0 Å². The van der Waals surface area contributed by atoms with Crippen LogP contribution in [0, 0.1) is 5.82 Å². The molecule has 0 heterocycles. The Morgan fingerprint density at radius 1 is 1.22 bits per heavy atom. The van der Waals surface area contributed by atoms with Crippen molar-refractivity contribution in [2.24, 2.45) is 0 Å². The van der Waals surface area contributed by atoms with E-state index in [0.717, 1.165) is 0 Å². The normalized spacial score (nSPS) is 11.3. The Morgan fingerprint density at radius 2 is 1.91 bits per heavy atom. The van der Waals surface area contributed by atoms with Crippen LogP contribution in [0.15, 0.2) is 24.3 Å². The first kappa shape index (κ1) is 18.4. The van der Waals surface area contributed by atoms with Crippen LogP contribution in [0.4, 0.5) is 4.39 Å². The number of rotatable bonds is 8. The van der Waals surface area contributed by atoms with Crippen LogP contribution in [0.1, 0.15) is 13.8 Å². The average molecular weight is 326 g/mol. The molecule has 0 saturated heterocycles. The molecule has 0 bridgehead atoms. The van der Waals surface area contributed by atoms with Gasteiger partial charge in [-0.2, -0.15) is 0 Å². The third-order valence-corrected chi connectivity index (χ3v) is 2.67. The third-order valence-electron chi connectivity index (χ3n) is 2.67. The van der Waals surface area contributed by atoms with Gasteiger partial charge in [-0.3, -0.25) is 9.59 Å². The number of esters is 1. The molecule has 2 amide bonds. The zero-order chi connectivity index (χ0) is 17.2. The van der Waals surface area contributed by atoms with Gasteiger partial charge in [0.15, 0.2) is 24.8 Å². The summed E-state index contributed by atoms with van der Waals surface area (Å²) in [5.41, 5.74) is 0. The molecule has 0 aromatic heterocycles. The van der Waals surface area contributed by atoms with Crippen molar-refractivity contribution < 1.29 is 28.2 Å². The first-order chi connectivity index (χ1) is 10.9. The summed E-state index contributed by atoms with van der Waals surface area (Å²) >= 11 is 0. The quantitative estimate of drug-likeness (QED) is 0.674. The van der Waals surface area contributed by atoms with E-state index < -0.39 is 36.9 Å². The van der Waals surface area contributed by atoms with Crippen molar-refractivity contribution in [3.05, 3.63) is 30.1 Å². The number of carbonyl (C=O) groups excluding carboxylic acids is 3. The van der Waals surface area contributed by atoms with Gasteiger partial charge >= 0.3 is 5.97 Å². The summed E-state index contributed by atoms with van der Waals surface area (Å²) in [5, 5.41) is 4.92. The maximum atomic E-state index is 13.3. The van der Waals surface area contributed by atoms with E-state index in [1.807, 2.05) is 0 Å². The first-order valence-electron chi connectivity index (χ1n) is 7.04. The largest absolute Gasteiger partial charge is 0.479 e. The third kappa shape index (κ3) is 6.77. The van der Waals surface area contributed by atoms with Crippen molar-refractivity contribution in [2.75, 3.05) is 19.8 Å². The predicted octanol–water partition coefficient (Wildman–Crippen LogP) is 0.389. The van der Waals surface area contributed by atoms with Crippen LogP contribution >= 0.6 is 0 Å². The van der Waals surface area contributed by atoms with E-state index in [2.05, 4.69) is 15.4 Å². The zero-order valence-electron chi connectivity index (χ0n) is 12.9. The standard InChI is InChI=1S/C15H19FN2O5/c1-3-17-15(21)10(2)18-13(19)8-23-14(20)9-22-12-7-5-4-6-11(12)16/h4-7,10H,3,8-9H2,1-2H3,(H,17,21)(H,18,19)/t10-/m0/s1. The smallest absolute Gasteiger partial charge is 0.344 e. The molecule has 0 aliphatic rings. The van der Waals surface area contributed by atoms with Gasteiger partial charge in [-0.25, -0.2) is 9.18 Å². The molecule has 1 atom stereocenters. The highest BCUT2D eigenvalue weighted by Gasteiger charge is 2.16. The van der Waals surface area contributed by atoms with E-state index in [9.17, 15) is 18.8 Å². The summed E-state index contributed by atoms with van der Waals surface area (Å²) in [5.74, 6) is -2.47. The van der Waals surface area contributed by atoms with Gasteiger partial charge < -0.3 is 20.1 Å². The molecule has 0 radical (unpaired) electrons. The van der Waals surface area contributed by atoms with Crippen LogP contribution in [0.5, 0.6) is 5.75 Å². The number of benzene rings is 1. The Kier molecular flexibility index (Phi) is 7.52. The molecule has 1 aromatic carbocycles. The second-order valence-electron chi connectivity index (χ2n) is 4.56. The Labute approximate surface area is 133 Å². The monoisotopic (exact) mass is 326 g/mol. The SMILES string of the molecule is CCNC(=O)[C@H](C)NC(=O)COC(=O)COc1ccccc1F. The van der Waals surface area contributed by atoms with Crippen molar-refractivity contribution >= 4 is 17.8 Å². The molecular formula is C15H19FN2O5. The average Bonchev–Trinajstić information content (AvgIpc) is 2.52. The maximum absolute atomic E-state index is 13.3. The predicted molar refractivity (Wildman–Crippen MR) is 79.1 cm³/mol. The second-order valence-corrected chi connectivity index (χ2v) is 4.56. The van der Waals surface area contributed by atoms with Gasteiger partial charge in [0, 0.05) is 6.54 Å². The molecule has 0 aliphatic heterocycles. The number of hydrogen-bond donors (Lipinski definition) is 2. The minimum Gasteiger partial charge on any atom is -0.479 e. The molecule has 0 unspecified atom stereocenters. The lowest BCUT2D eigenvalue weighted by Crippen LogP contribution is -2.46. The van der Waals surface area contributed by atoms with E-state index in [1.54, 1.807) is 13.0 Å². The number of ether oxygens (including phenoxy) is 2. The van der Waals surface area contributed by atoms with Gasteiger partial charge in [0.1, 0.15) is 6.04 Å². The van der Waals surface area contributed by atoms with Gasteiger partial charge in [0.2, 0.25) is 5.91 Å². The fourth-order valence-electron chi connectivity index (χ4n) is 1.56. The van der Waals surface area contributed by atoms with Gasteiger partial charge in [-0.05, 0) is 26.0 Å². The summed E-state index contributed by atoms with van der Waals surface area (Å²) in [6, 6.07) is 4.86. The molecule has 126 valence electrons. The van der Waals surface area contributed by atoms with Crippen LogP contribution in [-0.4, -0.2) is 43.6 Å². The second kappa shape index (κ2) is 9.39. The van der Waals surface area contributed by atoms with Gasteiger partial charge in [-0.15, -0.1) is 0 Å². The molecule has 1 rings (SSSR count). The molecule has 7 nitrogen and oxygen atoms in total. The summed E-state index contributed by atoms with van der Waals surface area (Å²) in [6.45, 7) is 2.63. The Balaban J connectivity index is 2.29. The molecule has 2 N–H and O–H groups in total. The number of para-hydroxylation sites is 1. The highest BCUT2D eigenvalue weighted by molar-refractivity contribution is 5.88. The fraction of sp³-hybridized carbons (Fsp3) is 0.400. The minimum absolute atomic E-state index is 0.0845. The molecular weight excluding hydrogens is 307 g/mol. The van der Waals surface area contributed by atoms with Gasteiger partial charge in [-0.1, -0.05) is 12.1 Å². The summed E-state index contributed by atoms with van der Waals surface area (Å²) in [4.78, 5) is 34.4. The summed E-state index contributed by atoms with van der Waals surface area (Å²) in [7, 11) is 0. The Hall–Kier alpha value is -2.64. The number of likely N-dealkylation sites (N-methyl/N-ethyl adjacent to an activating group) is 1. The van der Waals surface area contributed by atoms with Crippen LogP contribution < -0.4 is 15.4 Å². The lowest BCUT2D eigenvalue weighted by atomic mass is 10.3. The lowest BCUT2D eigenvalue weighted by Gasteiger charge is -2.13. The zero-order valence-corrected chi connectivity index (χ0v) is 12.9. The molecule has 0 aliphatic carbocycles. The highest BCUT2D eigenvalue weighted by Crippen LogP contribution is 2.14. The van der Waals surface area contributed by atoms with Crippen LogP contribution in [0.2, 0.25) is 0 Å². The van der Waals surface area contributed by atoms with E-state index in [0.29, 0.717) is 6.54 Å². The highest BCUT2D eigenvalue weighted by atomic mass is 19.1. The number of hydrogen-bond acceptors (Lipinski definition) is 5. The van der Waals surface area contributed by atoms with E-state index in [-0.39, 0.29) is 11.7 Å². The minimum atomic E-state index is -0.825. The van der Waals surface area contributed by atoms with Crippen LogP contribution in [0.25, 0.3) is 0 Å². The van der Waals surface area contributed by atoms with E-state index >= 15 is 0 Å². The topological polar surface area (TPSA) is 93.7 Å². The number of nitrogens with one attached hydrogen (secondary N) is 2. The van der Waals surface area contributed by atoms with Gasteiger partial charge in [0.25, 0.3) is 5.91 Å². The Bertz CT molecular complexity index is 565. The number of carbonyl (C=O) groups is 3. The molecule has 0 saturated carbocycles. The lowest BCUT2D eigenvalue weighted by molar-refractivity contribution is -0.150. The van der Waals surface area contributed by atoms with Crippen LogP contribution in [0.3, 0.4) is 0 Å². The molecule has 0 fully saturated rings. The van der Waals surface area contributed by atoms with Crippen LogP contribution in [-0.2, 0) is 19.1 Å². The summed E-state index contributed by atoms with van der Waals surface area (Å²) in [6.07, 6.45) is 0.